The monoisotopic (exact) mass is 366 g/mol. The minimum absolute atomic E-state index is 0. The van der Waals surface area contributed by atoms with E-state index in [9.17, 15) is 0 Å². The molecular weight excluding hydrogens is 324 g/mol. The van der Waals surface area contributed by atoms with Crippen LogP contribution in [0.5, 0.6) is 11.5 Å². The highest BCUT2D eigenvalue weighted by Crippen LogP contribution is 2.34. The van der Waals surface area contributed by atoms with Gasteiger partial charge in [0.1, 0.15) is 0 Å². The fourth-order valence-corrected chi connectivity index (χ4v) is 4.23. The maximum atomic E-state index is 5.01. The van der Waals surface area contributed by atoms with Crippen molar-refractivity contribution in [3.05, 3.63) is 24.3 Å². The minimum atomic E-state index is 0. The molecule has 1 aromatic carbocycles. The van der Waals surface area contributed by atoms with Gasteiger partial charge in [0.15, 0.2) is 11.5 Å². The van der Waals surface area contributed by atoms with E-state index in [1.165, 1.54) is 71.0 Å². The van der Waals surface area contributed by atoms with Crippen LogP contribution in [-0.4, -0.2) is 51.8 Å². The van der Waals surface area contributed by atoms with Crippen molar-refractivity contribution in [2.75, 3.05) is 40.9 Å². The van der Waals surface area contributed by atoms with Crippen LogP contribution in [0.3, 0.4) is 0 Å². The molecule has 152 valence electrons. The molecule has 1 aromatic rings. The number of methoxy groups -OCH3 is 2. The van der Waals surface area contributed by atoms with Crippen LogP contribution in [0.1, 0.15) is 54.2 Å². The third-order valence-corrected chi connectivity index (χ3v) is 5.78. The lowest BCUT2D eigenvalue weighted by atomic mass is 9.85. The first-order valence-electron chi connectivity index (χ1n) is 10.3. The smallest absolute Gasteiger partial charge is 0.160 e. The molecule has 2 aliphatic heterocycles. The van der Waals surface area contributed by atoms with Crippen molar-refractivity contribution in [1.29, 1.82) is 0 Å². The van der Waals surface area contributed by atoms with Gasteiger partial charge >= 0.3 is 0 Å². The van der Waals surface area contributed by atoms with Crippen LogP contribution in [0, 0.1) is 5.92 Å². The van der Waals surface area contributed by atoms with Crippen molar-refractivity contribution >= 4 is 0 Å². The van der Waals surface area contributed by atoms with Gasteiger partial charge < -0.3 is 19.7 Å². The Morgan fingerprint density at radius 2 is 1.50 bits per heavy atom. The zero-order valence-corrected chi connectivity index (χ0v) is 17.0. The summed E-state index contributed by atoms with van der Waals surface area (Å²) in [6, 6.07) is 8.49. The second kappa shape index (κ2) is 12.2. The number of piperidine rings is 1. The third kappa shape index (κ3) is 6.81. The Bertz CT molecular complexity index is 465. The van der Waals surface area contributed by atoms with Crippen LogP contribution in [-0.2, 0) is 0 Å². The van der Waals surface area contributed by atoms with Crippen LogP contribution in [0.4, 0.5) is 0 Å². The van der Waals surface area contributed by atoms with Crippen LogP contribution >= 0.6 is 0 Å². The quantitative estimate of drug-likeness (QED) is 0.812. The summed E-state index contributed by atoms with van der Waals surface area (Å²) in [6.07, 6.45) is 11.6. The van der Waals surface area contributed by atoms with E-state index >= 15 is 0 Å². The molecule has 4 heteroatoms. The van der Waals surface area contributed by atoms with Crippen LogP contribution in [0.25, 0.3) is 0 Å². The van der Waals surface area contributed by atoms with Crippen LogP contribution < -0.4 is 14.8 Å². The molecule has 2 unspecified atom stereocenters. The molecule has 0 amide bonds. The number of nitrogens with zero attached hydrogens (tertiary/aromatic N) is 1. The van der Waals surface area contributed by atoms with Crippen molar-refractivity contribution in [3.8, 4) is 11.5 Å². The Morgan fingerprint density at radius 3 is 1.96 bits per heavy atom. The highest BCUT2D eigenvalue weighted by atomic mass is 16.5. The molecule has 0 aromatic heterocycles. The van der Waals surface area contributed by atoms with Gasteiger partial charge in [-0.05, 0) is 76.8 Å². The predicted octanol–water partition coefficient (Wildman–Crippen LogP) is 4.84. The van der Waals surface area contributed by atoms with E-state index in [-0.39, 0.29) is 2.85 Å². The number of rotatable bonds is 2. The lowest BCUT2D eigenvalue weighted by molar-refractivity contribution is 0.215. The molecule has 4 nitrogen and oxygen atoms in total. The molecule has 4 rings (SSSR count). The van der Waals surface area contributed by atoms with Gasteiger partial charge in [-0.3, -0.25) is 0 Å². The Hall–Kier alpha value is -1.26. The maximum absolute atomic E-state index is 5.01. The van der Waals surface area contributed by atoms with E-state index in [1.54, 1.807) is 14.2 Å². The highest BCUT2D eigenvalue weighted by Gasteiger charge is 2.32. The Morgan fingerprint density at radius 1 is 0.885 bits per heavy atom. The average Bonchev–Trinajstić information content (AvgIpc) is 3.11. The van der Waals surface area contributed by atoms with E-state index in [0.29, 0.717) is 0 Å². The van der Waals surface area contributed by atoms with Gasteiger partial charge in [-0.1, -0.05) is 31.4 Å². The first-order valence-corrected chi connectivity index (χ1v) is 10.3. The number of benzene rings is 1. The molecule has 1 aliphatic carbocycles. The fourth-order valence-electron chi connectivity index (χ4n) is 4.23. The summed E-state index contributed by atoms with van der Waals surface area (Å²) in [4.78, 5) is 2.56. The van der Waals surface area contributed by atoms with Gasteiger partial charge in [-0.15, -0.1) is 0 Å². The largest absolute Gasteiger partial charge is 0.493 e. The SMILES string of the molecule is C1CCNCC1.CN1CCC2CCCCC21.COc1ccccc1OC.[HH].[HH]. The number of fused-ring (bicyclic) bond motifs is 1. The number of nitrogens with one attached hydrogen (secondary N) is 1. The van der Waals surface area contributed by atoms with Crippen LogP contribution in [0.15, 0.2) is 24.3 Å². The zero-order valence-electron chi connectivity index (χ0n) is 17.0. The molecule has 1 saturated carbocycles. The van der Waals surface area contributed by atoms with E-state index in [0.717, 1.165) is 23.5 Å². The highest BCUT2D eigenvalue weighted by molar-refractivity contribution is 5.39. The van der Waals surface area contributed by atoms with Crippen molar-refractivity contribution in [1.82, 2.24) is 10.2 Å². The molecule has 2 atom stereocenters. The number of para-hydroxylation sites is 2. The molecule has 1 N–H and O–H groups in total. The normalized spacial score (nSPS) is 25.0. The first-order chi connectivity index (χ1) is 12.8. The second-order valence-electron chi connectivity index (χ2n) is 7.55. The predicted molar refractivity (Wildman–Crippen MR) is 113 cm³/mol. The summed E-state index contributed by atoms with van der Waals surface area (Å²) in [5.41, 5.74) is 0. The van der Waals surface area contributed by atoms with Gasteiger partial charge in [0.25, 0.3) is 0 Å². The Balaban J connectivity index is 0.000000389. The number of likely N-dealkylation sites (tertiary alicyclic amines) is 1. The molecule has 0 bridgehead atoms. The van der Waals surface area contributed by atoms with Crippen molar-refractivity contribution in [3.63, 3.8) is 0 Å². The fraction of sp³-hybridized carbons (Fsp3) is 0.727. The maximum Gasteiger partial charge on any atom is 0.160 e. The van der Waals surface area contributed by atoms with Crippen molar-refractivity contribution < 1.29 is 12.3 Å². The van der Waals surface area contributed by atoms with E-state index < -0.39 is 0 Å². The summed E-state index contributed by atoms with van der Waals surface area (Å²) in [5, 5.41) is 3.28. The molecule has 26 heavy (non-hydrogen) atoms. The third-order valence-electron chi connectivity index (χ3n) is 5.78. The number of ether oxygens (including phenoxy) is 2. The van der Waals surface area contributed by atoms with Gasteiger partial charge in [-0.25, -0.2) is 0 Å². The first kappa shape index (κ1) is 21.0. The second-order valence-corrected chi connectivity index (χ2v) is 7.55. The van der Waals surface area contributed by atoms with Gasteiger partial charge in [0.05, 0.1) is 14.2 Å². The van der Waals surface area contributed by atoms with Gasteiger partial charge in [0.2, 0.25) is 0 Å². The van der Waals surface area contributed by atoms with E-state index in [4.69, 9.17) is 9.47 Å². The molecule has 3 fully saturated rings. The molecule has 2 heterocycles. The summed E-state index contributed by atoms with van der Waals surface area (Å²) >= 11 is 0. The van der Waals surface area contributed by atoms with Crippen LogP contribution in [0.2, 0.25) is 0 Å². The van der Waals surface area contributed by atoms with Gasteiger partial charge in [0, 0.05) is 8.90 Å². The average molecular weight is 367 g/mol. The zero-order chi connectivity index (χ0) is 18.6. The lowest BCUT2D eigenvalue weighted by Crippen LogP contribution is -2.31. The van der Waals surface area contributed by atoms with Gasteiger partial charge in [-0.2, -0.15) is 0 Å². The summed E-state index contributed by atoms with van der Waals surface area (Å²) in [5.74, 6) is 2.61. The molecule has 2 saturated heterocycles. The minimum Gasteiger partial charge on any atom is -0.493 e. The standard InChI is InChI=1S/C9H17N.C8H10O2.C5H11N.2H2/c1-10-7-6-8-4-2-3-5-9(8)10;1-9-7-5-3-4-6-8(7)10-2;1-2-4-6-5-3-1;;/h8-9H,2-7H2,1H3;3-6H,1-2H3;6H,1-5H2;2*1H. The Labute approximate surface area is 163 Å². The Kier molecular flexibility index (Phi) is 9.86. The van der Waals surface area contributed by atoms with E-state index in [2.05, 4.69) is 17.3 Å². The molecule has 3 aliphatic rings. The number of hydrogen-bond acceptors (Lipinski definition) is 4. The summed E-state index contributed by atoms with van der Waals surface area (Å²) in [7, 11) is 5.53. The molecule has 0 radical (unpaired) electrons. The molecule has 0 spiro atoms. The topological polar surface area (TPSA) is 33.7 Å². The number of hydrogen-bond donors (Lipinski definition) is 1. The van der Waals surface area contributed by atoms with Crippen molar-refractivity contribution in [2.45, 2.75) is 57.4 Å². The lowest BCUT2D eigenvalue weighted by Gasteiger charge is -2.28. The van der Waals surface area contributed by atoms with E-state index in [1.807, 2.05) is 24.3 Å². The molecular formula is C22H42N2O2. The van der Waals surface area contributed by atoms with Crippen molar-refractivity contribution in [2.24, 2.45) is 5.92 Å². The summed E-state index contributed by atoms with van der Waals surface area (Å²) < 4.78 is 10.0. The summed E-state index contributed by atoms with van der Waals surface area (Å²) in [6.45, 7) is 3.86.